The average Bonchev–Trinajstić information content (AvgIpc) is 2.42. The summed E-state index contributed by atoms with van der Waals surface area (Å²) in [5, 5.41) is 54.9. The zero-order valence-electron chi connectivity index (χ0n) is 58.4. The number of aliphatic hydroxyl groups is 5. The molecule has 7 unspecified atom stereocenters. The minimum atomic E-state index is -1.57. The van der Waals surface area contributed by atoms with Crippen molar-refractivity contribution in [1.29, 1.82) is 0 Å². The van der Waals surface area contributed by atoms with Gasteiger partial charge in [-0.1, -0.05) is 376 Å². The molecule has 9 heteroatoms. The second-order valence-corrected chi connectivity index (χ2v) is 26.8. The maximum absolute atomic E-state index is 13.2. The van der Waals surface area contributed by atoms with Crippen molar-refractivity contribution in [1.82, 2.24) is 5.32 Å². The minimum absolute atomic E-state index is 0.170. The number of carbonyl (C=O) groups excluding carboxylic acids is 1. The van der Waals surface area contributed by atoms with E-state index in [4.69, 9.17) is 9.47 Å². The Morgan fingerprint density at radius 1 is 0.393 bits per heavy atom. The first-order chi connectivity index (χ1) is 43.8. The van der Waals surface area contributed by atoms with Crippen LogP contribution >= 0.6 is 0 Å². The average molecular weight is 1250 g/mol. The largest absolute Gasteiger partial charge is 0.394 e. The van der Waals surface area contributed by atoms with Crippen LogP contribution in [0.25, 0.3) is 0 Å². The van der Waals surface area contributed by atoms with Crippen molar-refractivity contribution in [2.45, 2.75) is 416 Å². The fraction of sp³-hybridized carbons (Fsp3) is 0.838. The maximum Gasteiger partial charge on any atom is 0.220 e. The highest BCUT2D eigenvalue weighted by Gasteiger charge is 2.44. The summed E-state index contributed by atoms with van der Waals surface area (Å²) in [4.78, 5) is 13.2. The first-order valence-electron chi connectivity index (χ1n) is 38.7. The van der Waals surface area contributed by atoms with E-state index in [1.807, 2.05) is 6.08 Å². The third kappa shape index (κ3) is 56.9. The number of ether oxygens (including phenoxy) is 2. The SMILES string of the molecule is CC/C=C\C/C=C\C/C=C\C/C=C\C/C=C\CCCCCCCCCCCCCCCCCCCCCCCCCC(=O)NC(COC1OC(CO)C(O)C(O)C1O)C(O)/C=C/CCCCCCCCCCCCCCCCCCCCCCCCCCC. The van der Waals surface area contributed by atoms with Gasteiger partial charge < -0.3 is 40.3 Å². The molecule has 520 valence electrons. The topological polar surface area (TPSA) is 149 Å². The summed E-state index contributed by atoms with van der Waals surface area (Å²) in [5.41, 5.74) is 0. The van der Waals surface area contributed by atoms with E-state index >= 15 is 0 Å². The summed E-state index contributed by atoms with van der Waals surface area (Å²) in [6, 6.07) is -0.807. The molecule has 0 saturated carbocycles. The van der Waals surface area contributed by atoms with Crippen molar-refractivity contribution in [2.75, 3.05) is 13.2 Å². The predicted molar refractivity (Wildman–Crippen MR) is 382 cm³/mol. The van der Waals surface area contributed by atoms with Gasteiger partial charge in [-0.15, -0.1) is 0 Å². The normalized spacial score (nSPS) is 18.2. The lowest BCUT2D eigenvalue weighted by Gasteiger charge is -2.40. The first-order valence-corrected chi connectivity index (χ1v) is 38.7. The molecule has 0 radical (unpaired) electrons. The highest BCUT2D eigenvalue weighted by atomic mass is 16.7. The third-order valence-corrected chi connectivity index (χ3v) is 18.3. The number of hydrogen-bond donors (Lipinski definition) is 6. The van der Waals surface area contributed by atoms with Gasteiger partial charge in [0.25, 0.3) is 0 Å². The quantitative estimate of drug-likeness (QED) is 0.0261. The van der Waals surface area contributed by atoms with Gasteiger partial charge in [-0.3, -0.25) is 4.79 Å². The van der Waals surface area contributed by atoms with E-state index < -0.39 is 49.5 Å². The van der Waals surface area contributed by atoms with E-state index in [-0.39, 0.29) is 12.5 Å². The summed E-state index contributed by atoms with van der Waals surface area (Å²) >= 11 is 0. The number of carbonyl (C=O) groups is 1. The van der Waals surface area contributed by atoms with Gasteiger partial charge >= 0.3 is 0 Å². The fourth-order valence-electron chi connectivity index (χ4n) is 12.3. The number of aliphatic hydroxyl groups excluding tert-OH is 5. The molecule has 0 spiro atoms. The van der Waals surface area contributed by atoms with Crippen molar-refractivity contribution in [3.05, 3.63) is 72.9 Å². The zero-order valence-corrected chi connectivity index (χ0v) is 58.4. The zero-order chi connectivity index (χ0) is 64.2. The Balaban J connectivity index is 2.06. The van der Waals surface area contributed by atoms with Crippen molar-refractivity contribution in [3.63, 3.8) is 0 Å². The molecule has 0 aromatic rings. The van der Waals surface area contributed by atoms with E-state index in [0.29, 0.717) is 6.42 Å². The molecule has 0 aliphatic carbocycles. The van der Waals surface area contributed by atoms with E-state index in [1.54, 1.807) is 6.08 Å². The Hall–Kier alpha value is -2.37. The molecule has 1 fully saturated rings. The molecule has 0 aromatic heterocycles. The molecule has 0 bridgehead atoms. The molecule has 1 saturated heterocycles. The van der Waals surface area contributed by atoms with Crippen molar-refractivity contribution in [2.24, 2.45) is 0 Å². The second kappa shape index (κ2) is 68.5. The van der Waals surface area contributed by atoms with Gasteiger partial charge in [0, 0.05) is 6.42 Å². The Morgan fingerprint density at radius 3 is 1.03 bits per heavy atom. The van der Waals surface area contributed by atoms with Crippen LogP contribution in [0.5, 0.6) is 0 Å². The van der Waals surface area contributed by atoms with E-state index in [9.17, 15) is 30.3 Å². The second-order valence-electron chi connectivity index (χ2n) is 26.8. The highest BCUT2D eigenvalue weighted by Crippen LogP contribution is 2.24. The molecule has 1 heterocycles. The maximum atomic E-state index is 13.2. The predicted octanol–water partition coefficient (Wildman–Crippen LogP) is 21.9. The Kier molecular flexibility index (Phi) is 65.1. The Labute approximate surface area is 550 Å². The number of allylic oxidation sites excluding steroid dienone is 11. The van der Waals surface area contributed by atoms with Crippen LogP contribution in [0.1, 0.15) is 373 Å². The molecule has 9 nitrogen and oxygen atoms in total. The number of unbranched alkanes of at least 4 members (excludes halogenated alkanes) is 48. The van der Waals surface area contributed by atoms with Crippen LogP contribution in [0.2, 0.25) is 0 Å². The van der Waals surface area contributed by atoms with Crippen molar-refractivity contribution >= 4 is 5.91 Å². The van der Waals surface area contributed by atoms with Gasteiger partial charge in [0.05, 0.1) is 25.4 Å². The smallest absolute Gasteiger partial charge is 0.220 e. The molecule has 89 heavy (non-hydrogen) atoms. The molecule has 1 aliphatic rings. The standard InChI is InChI=1S/C80H147NO8/c1-3-5-7-9-11-13-15-17-19-21-23-25-27-29-31-32-33-34-35-36-37-38-39-40-41-42-44-46-48-50-52-54-56-58-60-62-64-66-68-70-76(84)81-73(72-88-80-79(87)78(86)77(85)75(71-82)89-80)74(83)69-67-65-63-61-59-57-55-53-51-49-47-45-43-30-28-26-24-22-20-18-16-14-12-10-8-6-4-2/h5,7,11,13,17,19,23,25,29,31,67,69,73-75,77-80,82-83,85-87H,3-4,6,8-10,12,14-16,18,20-22,24,26-28,30,32-66,68,70-72H2,1-2H3,(H,81,84)/b7-5-,13-11-,19-17-,25-23-,31-29-,69-67+. The lowest BCUT2D eigenvalue weighted by molar-refractivity contribution is -0.302. The summed E-state index contributed by atoms with van der Waals surface area (Å²) in [6.07, 6.45) is 90.4. The van der Waals surface area contributed by atoms with Gasteiger partial charge in [-0.25, -0.2) is 0 Å². The van der Waals surface area contributed by atoms with Crippen LogP contribution < -0.4 is 5.32 Å². The number of amides is 1. The van der Waals surface area contributed by atoms with Gasteiger partial charge in [0.1, 0.15) is 24.4 Å². The molecule has 1 rings (SSSR count). The lowest BCUT2D eigenvalue weighted by atomic mass is 9.99. The molecular formula is C80H147NO8. The summed E-state index contributed by atoms with van der Waals surface area (Å²) in [7, 11) is 0. The van der Waals surface area contributed by atoms with Crippen LogP contribution in [-0.4, -0.2) is 87.5 Å². The van der Waals surface area contributed by atoms with Crippen LogP contribution in [-0.2, 0) is 14.3 Å². The fourth-order valence-corrected chi connectivity index (χ4v) is 12.3. The summed E-state index contributed by atoms with van der Waals surface area (Å²) in [5.74, 6) is -0.170. The van der Waals surface area contributed by atoms with Crippen LogP contribution in [0.3, 0.4) is 0 Å². The van der Waals surface area contributed by atoms with Crippen LogP contribution in [0.15, 0.2) is 72.9 Å². The Bertz CT molecular complexity index is 1640. The van der Waals surface area contributed by atoms with Gasteiger partial charge in [-0.05, 0) is 64.2 Å². The van der Waals surface area contributed by atoms with Gasteiger partial charge in [0.2, 0.25) is 5.91 Å². The monoisotopic (exact) mass is 1250 g/mol. The van der Waals surface area contributed by atoms with E-state index in [2.05, 4.69) is 79.9 Å². The Morgan fingerprint density at radius 2 is 0.697 bits per heavy atom. The van der Waals surface area contributed by atoms with Crippen molar-refractivity contribution < 1.29 is 39.8 Å². The van der Waals surface area contributed by atoms with Crippen LogP contribution in [0, 0.1) is 0 Å². The third-order valence-electron chi connectivity index (χ3n) is 18.3. The van der Waals surface area contributed by atoms with Crippen molar-refractivity contribution in [3.8, 4) is 0 Å². The first kappa shape index (κ1) is 84.6. The van der Waals surface area contributed by atoms with Gasteiger partial charge in [0.15, 0.2) is 6.29 Å². The lowest BCUT2D eigenvalue weighted by Crippen LogP contribution is -2.60. The summed E-state index contributed by atoms with van der Waals surface area (Å²) < 4.78 is 11.3. The molecular weight excluding hydrogens is 1100 g/mol. The molecule has 0 aromatic carbocycles. The number of nitrogens with one attached hydrogen (secondary N) is 1. The number of rotatable bonds is 68. The van der Waals surface area contributed by atoms with E-state index in [0.717, 1.165) is 70.6 Å². The highest BCUT2D eigenvalue weighted by molar-refractivity contribution is 5.76. The van der Waals surface area contributed by atoms with E-state index in [1.165, 1.54) is 283 Å². The molecule has 1 aliphatic heterocycles. The van der Waals surface area contributed by atoms with Crippen LogP contribution in [0.4, 0.5) is 0 Å². The number of hydrogen-bond acceptors (Lipinski definition) is 8. The molecule has 1 amide bonds. The molecule has 6 N–H and O–H groups in total. The van der Waals surface area contributed by atoms with Gasteiger partial charge in [-0.2, -0.15) is 0 Å². The summed E-state index contributed by atoms with van der Waals surface area (Å²) in [6.45, 7) is 3.72. The molecule has 7 atom stereocenters. The minimum Gasteiger partial charge on any atom is -0.394 e.